The molecule has 31 heavy (non-hydrogen) atoms. The molecule has 2 aliphatic rings. The number of methoxy groups -OCH3 is 2. The van der Waals surface area contributed by atoms with E-state index < -0.39 is 23.1 Å². The number of nitrogens with zero attached hydrogens (tertiary/aromatic N) is 2. The fourth-order valence-electron chi connectivity index (χ4n) is 4.03. The topological polar surface area (TPSA) is 97.7 Å². The number of carbonyl (C=O) groups is 2. The van der Waals surface area contributed by atoms with Gasteiger partial charge >= 0.3 is 0 Å². The van der Waals surface area contributed by atoms with Crippen molar-refractivity contribution in [3.63, 3.8) is 0 Å². The molecule has 3 rings (SSSR count). The third-order valence-corrected chi connectivity index (χ3v) is 6.09. The van der Waals surface area contributed by atoms with Crippen LogP contribution in [-0.2, 0) is 4.79 Å². The van der Waals surface area contributed by atoms with Crippen LogP contribution in [-0.4, -0.2) is 74.3 Å². The van der Waals surface area contributed by atoms with Crippen molar-refractivity contribution in [1.82, 2.24) is 4.90 Å². The molecule has 0 amide bonds. The number of halogens is 1. The molecule has 0 unspecified atom stereocenters. The highest BCUT2D eigenvalue weighted by molar-refractivity contribution is 6.35. The smallest absolute Gasteiger partial charge is 0.231 e. The SMILES string of the molecule is COc1cc(OC)c2c(c1Cl)O[C@]1(C2=O)C(O)=C(C(C)=NCCN(C)C)C(=O)C[C@H]1C. The number of hydrogen-bond donors (Lipinski definition) is 1. The molecule has 1 spiro atoms. The lowest BCUT2D eigenvalue weighted by atomic mass is 9.72. The normalized spacial score (nSPS) is 23.5. The summed E-state index contributed by atoms with van der Waals surface area (Å²) in [6.07, 6.45) is 0.0106. The Labute approximate surface area is 186 Å². The molecule has 2 atom stereocenters. The second-order valence-electron chi connectivity index (χ2n) is 7.99. The summed E-state index contributed by atoms with van der Waals surface area (Å²) in [5.74, 6) is -1.33. The van der Waals surface area contributed by atoms with Crippen LogP contribution in [0.3, 0.4) is 0 Å². The summed E-state index contributed by atoms with van der Waals surface area (Å²) in [6, 6.07) is 1.50. The van der Waals surface area contributed by atoms with Crippen LogP contribution >= 0.6 is 11.6 Å². The Morgan fingerprint density at radius 1 is 1.32 bits per heavy atom. The standard InChI is InChI=1S/C22H27ClN2O6/c1-11-9-13(26)16(12(2)24-7-8-25(3)4)20(27)22(11)21(28)17-14(29-5)10-15(30-6)18(23)19(17)31-22/h10-11,27H,7-9H2,1-6H3/t11-,22+/m1/s1. The van der Waals surface area contributed by atoms with Gasteiger partial charge in [-0.2, -0.15) is 0 Å². The van der Waals surface area contributed by atoms with Gasteiger partial charge in [-0.25, -0.2) is 0 Å². The van der Waals surface area contributed by atoms with Crippen LogP contribution in [0.1, 0.15) is 30.6 Å². The largest absolute Gasteiger partial charge is 0.507 e. The number of carbonyl (C=O) groups excluding carboxylic acids is 2. The van der Waals surface area contributed by atoms with Gasteiger partial charge < -0.3 is 24.2 Å². The monoisotopic (exact) mass is 450 g/mol. The summed E-state index contributed by atoms with van der Waals surface area (Å²) in [5, 5.41) is 11.4. The van der Waals surface area contributed by atoms with E-state index in [-0.39, 0.29) is 45.6 Å². The molecule has 0 radical (unpaired) electrons. The van der Waals surface area contributed by atoms with Gasteiger partial charge in [0.1, 0.15) is 22.1 Å². The minimum atomic E-state index is -1.78. The number of fused-ring (bicyclic) bond motifs is 1. The summed E-state index contributed by atoms with van der Waals surface area (Å²) in [7, 11) is 6.68. The van der Waals surface area contributed by atoms with Crippen LogP contribution in [0.15, 0.2) is 22.4 Å². The van der Waals surface area contributed by atoms with Crippen molar-refractivity contribution in [2.24, 2.45) is 10.9 Å². The maximum atomic E-state index is 13.6. The Morgan fingerprint density at radius 2 is 1.97 bits per heavy atom. The number of Topliss-reactive ketones (excluding diaryl/α,β-unsaturated/α-hetero) is 2. The summed E-state index contributed by atoms with van der Waals surface area (Å²) < 4.78 is 16.7. The zero-order chi connectivity index (χ0) is 23.1. The van der Waals surface area contributed by atoms with Crippen LogP contribution in [0.4, 0.5) is 0 Å². The van der Waals surface area contributed by atoms with E-state index in [4.69, 9.17) is 25.8 Å². The molecule has 0 aromatic heterocycles. The number of benzene rings is 1. The van der Waals surface area contributed by atoms with E-state index in [1.807, 2.05) is 19.0 Å². The lowest BCUT2D eigenvalue weighted by molar-refractivity contribution is -0.118. The van der Waals surface area contributed by atoms with Crippen LogP contribution in [0, 0.1) is 5.92 Å². The van der Waals surface area contributed by atoms with E-state index in [9.17, 15) is 14.7 Å². The van der Waals surface area contributed by atoms with Gasteiger partial charge in [-0.1, -0.05) is 18.5 Å². The highest BCUT2D eigenvalue weighted by Gasteiger charge is 2.61. The zero-order valence-electron chi connectivity index (χ0n) is 18.5. The van der Waals surface area contributed by atoms with Gasteiger partial charge in [0.15, 0.2) is 17.3 Å². The second-order valence-corrected chi connectivity index (χ2v) is 8.37. The highest BCUT2D eigenvalue weighted by Crippen LogP contribution is 2.54. The lowest BCUT2D eigenvalue weighted by Gasteiger charge is -2.37. The number of rotatable bonds is 6. The lowest BCUT2D eigenvalue weighted by Crippen LogP contribution is -2.53. The first kappa shape index (κ1) is 23.1. The predicted molar refractivity (Wildman–Crippen MR) is 117 cm³/mol. The minimum Gasteiger partial charge on any atom is -0.507 e. The van der Waals surface area contributed by atoms with Gasteiger partial charge in [-0.15, -0.1) is 0 Å². The third-order valence-electron chi connectivity index (χ3n) is 5.73. The van der Waals surface area contributed by atoms with Crippen LogP contribution in [0.25, 0.3) is 0 Å². The van der Waals surface area contributed by atoms with Crippen molar-refractivity contribution in [2.75, 3.05) is 41.4 Å². The molecule has 1 aromatic carbocycles. The molecule has 0 bridgehead atoms. The third kappa shape index (κ3) is 3.57. The summed E-state index contributed by atoms with van der Waals surface area (Å²) in [5.41, 5.74) is -1.30. The highest BCUT2D eigenvalue weighted by atomic mass is 35.5. The molecule has 1 heterocycles. The van der Waals surface area contributed by atoms with Crippen molar-refractivity contribution in [2.45, 2.75) is 25.9 Å². The van der Waals surface area contributed by atoms with Crippen molar-refractivity contribution in [3.05, 3.63) is 28.0 Å². The molecular formula is C22H27ClN2O6. The average molecular weight is 451 g/mol. The summed E-state index contributed by atoms with van der Waals surface area (Å²) in [4.78, 5) is 32.8. The Bertz CT molecular complexity index is 1000. The van der Waals surface area contributed by atoms with Gasteiger partial charge in [0, 0.05) is 30.7 Å². The predicted octanol–water partition coefficient (Wildman–Crippen LogP) is 3.11. The van der Waals surface area contributed by atoms with Gasteiger partial charge in [-0.3, -0.25) is 14.6 Å². The molecule has 0 fully saturated rings. The first-order valence-electron chi connectivity index (χ1n) is 9.91. The molecular weight excluding hydrogens is 424 g/mol. The maximum absolute atomic E-state index is 13.6. The summed E-state index contributed by atoms with van der Waals surface area (Å²) >= 11 is 6.42. The van der Waals surface area contributed by atoms with E-state index in [0.29, 0.717) is 18.8 Å². The molecule has 1 aliphatic heterocycles. The molecule has 9 heteroatoms. The number of likely N-dealkylation sites (N-methyl/N-ethyl adjacent to an activating group) is 1. The fourth-order valence-corrected chi connectivity index (χ4v) is 4.29. The number of aliphatic imine (C=N–C) groups is 1. The Hall–Kier alpha value is -2.58. The first-order chi connectivity index (χ1) is 14.6. The Kier molecular flexibility index (Phi) is 6.34. The van der Waals surface area contributed by atoms with Crippen LogP contribution in [0.5, 0.6) is 17.2 Å². The van der Waals surface area contributed by atoms with E-state index in [1.165, 1.54) is 20.3 Å². The average Bonchev–Trinajstić information content (AvgIpc) is 3.02. The van der Waals surface area contributed by atoms with E-state index in [1.54, 1.807) is 13.8 Å². The number of aliphatic hydroxyl groups is 1. The van der Waals surface area contributed by atoms with Crippen molar-refractivity contribution < 1.29 is 28.9 Å². The van der Waals surface area contributed by atoms with Gasteiger partial charge in [0.05, 0.1) is 26.3 Å². The molecule has 1 N–H and O–H groups in total. The van der Waals surface area contributed by atoms with Gasteiger partial charge in [0.25, 0.3) is 0 Å². The van der Waals surface area contributed by atoms with Crippen LogP contribution in [0.2, 0.25) is 5.02 Å². The molecule has 0 saturated carbocycles. The quantitative estimate of drug-likeness (QED) is 0.665. The van der Waals surface area contributed by atoms with Crippen LogP contribution < -0.4 is 14.2 Å². The number of hydrogen-bond acceptors (Lipinski definition) is 8. The summed E-state index contributed by atoms with van der Waals surface area (Å²) in [6.45, 7) is 4.45. The molecule has 8 nitrogen and oxygen atoms in total. The van der Waals surface area contributed by atoms with Crippen molar-refractivity contribution in [1.29, 1.82) is 0 Å². The first-order valence-corrected chi connectivity index (χ1v) is 10.3. The number of ketones is 2. The minimum absolute atomic E-state index is 0.0106. The molecule has 168 valence electrons. The number of aliphatic hydroxyl groups excluding tert-OH is 1. The van der Waals surface area contributed by atoms with Crippen molar-refractivity contribution >= 4 is 28.9 Å². The molecule has 0 saturated heterocycles. The van der Waals surface area contributed by atoms with E-state index in [0.717, 1.165) is 0 Å². The number of ether oxygens (including phenoxy) is 3. The Balaban J connectivity index is 2.17. The van der Waals surface area contributed by atoms with Gasteiger partial charge in [-0.05, 0) is 21.0 Å². The Morgan fingerprint density at radius 3 is 2.55 bits per heavy atom. The molecule has 1 aromatic rings. The second kappa shape index (κ2) is 8.51. The zero-order valence-corrected chi connectivity index (χ0v) is 19.3. The maximum Gasteiger partial charge on any atom is 0.231 e. The van der Waals surface area contributed by atoms with E-state index >= 15 is 0 Å². The van der Waals surface area contributed by atoms with E-state index in [2.05, 4.69) is 4.99 Å². The number of allylic oxidation sites excluding steroid dienone is 1. The fraction of sp³-hybridized carbons (Fsp3) is 0.500. The van der Waals surface area contributed by atoms with Gasteiger partial charge in [0.2, 0.25) is 11.4 Å². The molecule has 1 aliphatic carbocycles. The van der Waals surface area contributed by atoms with Crippen molar-refractivity contribution in [3.8, 4) is 17.2 Å².